The van der Waals surface area contributed by atoms with Crippen LogP contribution in [0.1, 0.15) is 42.1 Å². The highest BCUT2D eigenvalue weighted by Gasteiger charge is 2.34. The van der Waals surface area contributed by atoms with Crippen LogP contribution in [0.2, 0.25) is 0 Å². The summed E-state index contributed by atoms with van der Waals surface area (Å²) in [5.74, 6) is -0.344. The lowest BCUT2D eigenvalue weighted by molar-refractivity contribution is -0.132. The monoisotopic (exact) mass is 348 g/mol. The minimum atomic E-state index is -0.809. The highest BCUT2D eigenvalue weighted by molar-refractivity contribution is 7.09. The average Bonchev–Trinajstić information content (AvgIpc) is 3.32. The summed E-state index contributed by atoms with van der Waals surface area (Å²) in [6, 6.07) is 5.97. The molecule has 128 valence electrons. The van der Waals surface area contributed by atoms with E-state index < -0.39 is 6.10 Å². The molecular weight excluding hydrogens is 327 g/mol. The molecule has 0 saturated heterocycles. The van der Waals surface area contributed by atoms with E-state index in [1.807, 2.05) is 12.3 Å². The maximum Gasteiger partial charge on any atom is 0.228 e. The molecule has 1 fully saturated rings. The Kier molecular flexibility index (Phi) is 5.26. The first-order chi connectivity index (χ1) is 11.6. The Labute approximate surface area is 145 Å². The van der Waals surface area contributed by atoms with Crippen molar-refractivity contribution in [3.63, 3.8) is 0 Å². The maximum absolute atomic E-state index is 13.0. The van der Waals surface area contributed by atoms with Crippen molar-refractivity contribution >= 4 is 17.2 Å². The van der Waals surface area contributed by atoms with Gasteiger partial charge >= 0.3 is 0 Å². The SMILES string of the molecule is CCc1nc(CC(=O)N(CC(O)c2ccc(F)cc2)C2CC2)cs1. The van der Waals surface area contributed by atoms with Crippen LogP contribution in [0.4, 0.5) is 4.39 Å². The van der Waals surface area contributed by atoms with Gasteiger partial charge in [0.1, 0.15) is 5.82 Å². The molecule has 0 radical (unpaired) electrons. The summed E-state index contributed by atoms with van der Waals surface area (Å²) in [5.41, 5.74) is 1.42. The average molecular weight is 348 g/mol. The number of hydrogen-bond acceptors (Lipinski definition) is 4. The topological polar surface area (TPSA) is 53.4 Å². The van der Waals surface area contributed by atoms with E-state index in [1.54, 1.807) is 28.4 Å². The molecule has 3 rings (SSSR count). The molecule has 24 heavy (non-hydrogen) atoms. The number of carbonyl (C=O) groups is 1. The van der Waals surface area contributed by atoms with E-state index in [0.29, 0.717) is 5.56 Å². The summed E-state index contributed by atoms with van der Waals surface area (Å²) in [6.07, 6.45) is 2.27. The van der Waals surface area contributed by atoms with Crippen molar-refractivity contribution in [2.24, 2.45) is 0 Å². The number of aryl methyl sites for hydroxylation is 1. The van der Waals surface area contributed by atoms with Gasteiger partial charge in [0.15, 0.2) is 0 Å². The van der Waals surface area contributed by atoms with Crippen LogP contribution in [-0.4, -0.2) is 33.5 Å². The predicted molar refractivity (Wildman–Crippen MR) is 91.3 cm³/mol. The van der Waals surface area contributed by atoms with Gasteiger partial charge in [-0.05, 0) is 37.0 Å². The van der Waals surface area contributed by atoms with Crippen LogP contribution in [0.25, 0.3) is 0 Å². The Morgan fingerprint density at radius 2 is 2.12 bits per heavy atom. The van der Waals surface area contributed by atoms with E-state index in [4.69, 9.17) is 0 Å². The zero-order valence-corrected chi connectivity index (χ0v) is 14.4. The van der Waals surface area contributed by atoms with Gasteiger partial charge in [0.05, 0.1) is 29.8 Å². The molecule has 2 aromatic rings. The van der Waals surface area contributed by atoms with Gasteiger partial charge in [-0.2, -0.15) is 0 Å². The van der Waals surface area contributed by atoms with E-state index in [0.717, 1.165) is 30.0 Å². The largest absolute Gasteiger partial charge is 0.387 e. The number of hydrogen-bond donors (Lipinski definition) is 1. The standard InChI is InChI=1S/C18H21FN2O2S/c1-2-17-20-14(11-24-17)9-18(23)21(15-7-8-15)10-16(22)12-3-5-13(19)6-4-12/h3-6,11,15-16,22H,2,7-10H2,1H3. The van der Waals surface area contributed by atoms with Gasteiger partial charge in [-0.25, -0.2) is 9.37 Å². The summed E-state index contributed by atoms with van der Waals surface area (Å²) < 4.78 is 13.0. The second-order valence-corrected chi connectivity index (χ2v) is 7.05. The number of carbonyl (C=O) groups excluding carboxylic acids is 1. The molecule has 6 heteroatoms. The molecule has 1 aliphatic carbocycles. The van der Waals surface area contributed by atoms with E-state index >= 15 is 0 Å². The number of rotatable bonds is 7. The van der Waals surface area contributed by atoms with Gasteiger partial charge in [0.2, 0.25) is 5.91 Å². The van der Waals surface area contributed by atoms with Crippen molar-refractivity contribution < 1.29 is 14.3 Å². The molecule has 1 aliphatic rings. The Bertz CT molecular complexity index is 697. The van der Waals surface area contributed by atoms with E-state index in [2.05, 4.69) is 4.98 Å². The number of aromatic nitrogens is 1. The molecule has 1 aromatic heterocycles. The van der Waals surface area contributed by atoms with Crippen molar-refractivity contribution in [1.82, 2.24) is 9.88 Å². The lowest BCUT2D eigenvalue weighted by atomic mass is 10.1. The number of thiazole rings is 1. The van der Waals surface area contributed by atoms with Crippen LogP contribution in [0.15, 0.2) is 29.6 Å². The van der Waals surface area contributed by atoms with Crippen LogP contribution >= 0.6 is 11.3 Å². The summed E-state index contributed by atoms with van der Waals surface area (Å²) in [5, 5.41) is 13.3. The summed E-state index contributed by atoms with van der Waals surface area (Å²) in [4.78, 5) is 18.8. The fourth-order valence-electron chi connectivity index (χ4n) is 2.67. The molecular formula is C18H21FN2O2S. The van der Waals surface area contributed by atoms with Gasteiger partial charge < -0.3 is 10.0 Å². The summed E-state index contributed by atoms with van der Waals surface area (Å²) in [7, 11) is 0. The Hall–Kier alpha value is -1.79. The molecule has 1 unspecified atom stereocenters. The zero-order valence-electron chi connectivity index (χ0n) is 13.6. The highest BCUT2D eigenvalue weighted by Crippen LogP contribution is 2.29. The van der Waals surface area contributed by atoms with Gasteiger partial charge in [-0.3, -0.25) is 4.79 Å². The number of amides is 1. The van der Waals surface area contributed by atoms with Crippen molar-refractivity contribution in [1.29, 1.82) is 0 Å². The third kappa shape index (κ3) is 4.19. The van der Waals surface area contributed by atoms with Crippen molar-refractivity contribution in [3.8, 4) is 0 Å². The molecule has 1 N–H and O–H groups in total. The number of nitrogens with zero attached hydrogens (tertiary/aromatic N) is 2. The van der Waals surface area contributed by atoms with Crippen LogP contribution in [0.3, 0.4) is 0 Å². The summed E-state index contributed by atoms with van der Waals surface area (Å²) in [6.45, 7) is 2.28. The molecule has 1 aromatic carbocycles. The summed E-state index contributed by atoms with van der Waals surface area (Å²) >= 11 is 1.57. The Balaban J connectivity index is 1.65. The maximum atomic E-state index is 13.0. The van der Waals surface area contributed by atoms with E-state index in [-0.39, 0.29) is 30.7 Å². The van der Waals surface area contributed by atoms with Gasteiger partial charge in [-0.1, -0.05) is 19.1 Å². The fraction of sp³-hybridized carbons (Fsp3) is 0.444. The number of aliphatic hydroxyl groups excluding tert-OH is 1. The lowest BCUT2D eigenvalue weighted by Crippen LogP contribution is -2.37. The van der Waals surface area contributed by atoms with Crippen LogP contribution in [-0.2, 0) is 17.6 Å². The molecule has 1 atom stereocenters. The highest BCUT2D eigenvalue weighted by atomic mass is 32.1. The van der Waals surface area contributed by atoms with E-state index in [9.17, 15) is 14.3 Å². The molecule has 0 bridgehead atoms. The number of halogens is 1. The van der Waals surface area contributed by atoms with Gasteiger partial charge in [0.25, 0.3) is 0 Å². The first-order valence-corrected chi connectivity index (χ1v) is 9.11. The molecule has 0 aliphatic heterocycles. The second kappa shape index (κ2) is 7.40. The van der Waals surface area contributed by atoms with Crippen molar-refractivity contribution in [2.75, 3.05) is 6.54 Å². The first-order valence-electron chi connectivity index (χ1n) is 8.23. The van der Waals surface area contributed by atoms with Gasteiger partial charge in [0, 0.05) is 11.4 Å². The smallest absolute Gasteiger partial charge is 0.228 e. The Morgan fingerprint density at radius 3 is 2.71 bits per heavy atom. The minimum Gasteiger partial charge on any atom is -0.387 e. The van der Waals surface area contributed by atoms with Crippen LogP contribution in [0, 0.1) is 5.82 Å². The minimum absolute atomic E-state index is 0.00776. The van der Waals surface area contributed by atoms with Crippen LogP contribution in [0.5, 0.6) is 0 Å². The molecule has 1 heterocycles. The van der Waals surface area contributed by atoms with Crippen LogP contribution < -0.4 is 0 Å². The quantitative estimate of drug-likeness (QED) is 0.836. The Morgan fingerprint density at radius 1 is 1.42 bits per heavy atom. The van der Waals surface area contributed by atoms with Crippen molar-refractivity contribution in [3.05, 3.63) is 51.7 Å². The molecule has 0 spiro atoms. The second-order valence-electron chi connectivity index (χ2n) is 6.11. The number of benzene rings is 1. The first kappa shape index (κ1) is 17.0. The van der Waals surface area contributed by atoms with Crippen molar-refractivity contribution in [2.45, 2.75) is 44.8 Å². The normalized spacial score (nSPS) is 15.3. The molecule has 4 nitrogen and oxygen atoms in total. The van der Waals surface area contributed by atoms with Gasteiger partial charge in [-0.15, -0.1) is 11.3 Å². The van der Waals surface area contributed by atoms with E-state index in [1.165, 1.54) is 12.1 Å². The molecule has 1 amide bonds. The predicted octanol–water partition coefficient (Wildman–Crippen LogP) is 3.11. The number of aliphatic hydroxyl groups is 1. The lowest BCUT2D eigenvalue weighted by Gasteiger charge is -2.25. The molecule has 1 saturated carbocycles. The third-order valence-corrected chi connectivity index (χ3v) is 5.21. The fourth-order valence-corrected chi connectivity index (χ4v) is 3.41. The third-order valence-electron chi connectivity index (χ3n) is 4.17. The zero-order chi connectivity index (χ0) is 17.1.